The molecule has 0 aliphatic heterocycles. The smallest absolute Gasteiger partial charge is 0.136 e. The molecule has 0 fully saturated rings. The Morgan fingerprint density at radius 2 is 0.397 bits per heavy atom. The predicted molar refractivity (Wildman–Crippen MR) is 600 cm³/mol. The highest BCUT2D eigenvalue weighted by atomic mass is 16.3. The maximum Gasteiger partial charge on any atom is 0.136 e. The van der Waals surface area contributed by atoms with Crippen LogP contribution >= 0.6 is 0 Å². The van der Waals surface area contributed by atoms with Crippen LogP contribution in [0.4, 0.5) is 0 Å². The third kappa shape index (κ3) is 13.5. The van der Waals surface area contributed by atoms with E-state index < -0.39 is 155 Å². The van der Waals surface area contributed by atoms with Crippen LogP contribution in [-0.4, -0.2) is 0 Å². The molecule has 3 heteroatoms. The van der Waals surface area contributed by atoms with Gasteiger partial charge in [0, 0.05) is 32.3 Å². The molecule has 0 bridgehead atoms. The van der Waals surface area contributed by atoms with Gasteiger partial charge >= 0.3 is 0 Å². The lowest BCUT2D eigenvalue weighted by Crippen LogP contribution is -1.92. The summed E-state index contributed by atoms with van der Waals surface area (Å²) in [4.78, 5) is 0. The first-order valence-electron chi connectivity index (χ1n) is 61.5. The summed E-state index contributed by atoms with van der Waals surface area (Å²) in [5.74, 6) is 0. The Labute approximate surface area is 855 Å². The van der Waals surface area contributed by atoms with Crippen LogP contribution in [0.15, 0.2) is 522 Å². The van der Waals surface area contributed by atoms with Crippen molar-refractivity contribution in [1.29, 1.82) is 0 Å². The standard InChI is InChI=1S/3C46H28O/c1-3-16-34-29(11-1)13-10-22-36(34)45-39-20-7-5-18-37(39)44(38-19-6-8-21-40(38)45)33-15-9-14-31(27-33)32-24-25-42-41(28-32)46-35-17-4-2-12-30(35)23-26-43(46)47-42;1-3-13-34-30(10-1)12-9-19-36(34)45-39-17-7-5-15-37(39)44(38-16-6-8-18-40(38)45)32-22-20-29(21-23-32)33-25-26-42-41(28-33)46-35-14-4-2-11-31(35)24-27-43(46)47-42;1-2-12-31-26-35(21-20-29(31)10-1)45-39-18-7-5-16-37(39)44(38-17-6-8-19-40(38)45)34-14-9-13-32(27-34)33-23-24-42-41(28-33)46-36-15-4-3-11-30(36)22-25-43(46)47-42/h3*1-28H/i5D,6D,7D,8D,18D,19D,20D,21D;1D,3D,5D,6D,7D,8D,9D,10D,12D,13D,15D,16D,17D,18D,19D;5D,6D,7D,8D,16D,17D,18D,19D. The zero-order chi connectivity index (χ0) is 120. The van der Waals surface area contributed by atoms with E-state index in [-0.39, 0.29) is 124 Å². The quantitative estimate of drug-likeness (QED) is 0.135. The van der Waals surface area contributed by atoms with Crippen LogP contribution in [0, 0.1) is 0 Å². The first-order chi connectivity index (χ1) is 82.8. The Kier molecular flexibility index (Phi) is 13.1. The number of benzene rings is 27. The zero-order valence-electron chi connectivity index (χ0n) is 105. The van der Waals surface area contributed by atoms with Gasteiger partial charge in [0.2, 0.25) is 0 Å². The summed E-state index contributed by atoms with van der Waals surface area (Å²) in [6.45, 7) is 0. The topological polar surface area (TPSA) is 39.4 Å². The van der Waals surface area contributed by atoms with E-state index in [9.17, 15) is 17.8 Å². The van der Waals surface area contributed by atoms with Crippen molar-refractivity contribution in [1.82, 2.24) is 0 Å². The molecule has 0 radical (unpaired) electrons. The first-order valence-corrected chi connectivity index (χ1v) is 46.0. The number of fused-ring (bicyclic) bond motifs is 24. The maximum atomic E-state index is 9.37. The second-order valence-electron chi connectivity index (χ2n) is 35.0. The number of hydrogen-bond acceptors (Lipinski definition) is 3. The second-order valence-corrected chi connectivity index (χ2v) is 35.0. The summed E-state index contributed by atoms with van der Waals surface area (Å²) in [6, 6.07) is 87.3. The summed E-state index contributed by atoms with van der Waals surface area (Å²) >= 11 is 0. The van der Waals surface area contributed by atoms with Crippen molar-refractivity contribution >= 4 is 195 Å². The molecule has 3 aromatic heterocycles. The van der Waals surface area contributed by atoms with Crippen molar-refractivity contribution in [3.63, 3.8) is 0 Å². The Morgan fingerprint density at radius 3 is 0.823 bits per heavy atom. The lowest BCUT2D eigenvalue weighted by atomic mass is 9.84. The fourth-order valence-electron chi connectivity index (χ4n) is 21.1. The van der Waals surface area contributed by atoms with Gasteiger partial charge in [-0.2, -0.15) is 0 Å². The molecular weight excluding hydrogens is 1710 g/mol. The largest absolute Gasteiger partial charge is 0.456 e. The second kappa shape index (κ2) is 33.2. The van der Waals surface area contributed by atoms with Crippen molar-refractivity contribution in [2.24, 2.45) is 0 Å². The van der Waals surface area contributed by atoms with Gasteiger partial charge in [-0.15, -0.1) is 0 Å². The van der Waals surface area contributed by atoms with Crippen LogP contribution < -0.4 is 0 Å². The highest BCUT2D eigenvalue weighted by Crippen LogP contribution is 2.52. The third-order valence-corrected chi connectivity index (χ3v) is 27.3. The van der Waals surface area contributed by atoms with E-state index in [0.717, 1.165) is 147 Å². The van der Waals surface area contributed by atoms with E-state index in [0.29, 0.717) is 55.7 Å². The maximum absolute atomic E-state index is 9.37. The van der Waals surface area contributed by atoms with E-state index in [2.05, 4.69) is 36.4 Å². The minimum atomic E-state index is -0.755. The zero-order valence-corrected chi connectivity index (χ0v) is 74.3. The average Bonchev–Trinajstić information content (AvgIpc) is 1.44. The lowest BCUT2D eigenvalue weighted by molar-refractivity contribution is 0.669. The van der Waals surface area contributed by atoms with Crippen molar-refractivity contribution in [2.75, 3.05) is 0 Å². The fraction of sp³-hybridized carbons (Fsp3) is 0. The number of furan rings is 3. The van der Waals surface area contributed by atoms with Crippen LogP contribution in [0.3, 0.4) is 0 Å². The van der Waals surface area contributed by atoms with Gasteiger partial charge in [-0.1, -0.05) is 436 Å². The van der Waals surface area contributed by atoms with Crippen LogP contribution in [0.25, 0.3) is 295 Å². The minimum absolute atomic E-state index is 0.0352. The molecule has 3 heterocycles. The first kappa shape index (κ1) is 55.5. The summed E-state index contributed by atoms with van der Waals surface area (Å²) < 4.78 is 298. The van der Waals surface area contributed by atoms with E-state index in [1.54, 1.807) is 24.3 Å². The van der Waals surface area contributed by atoms with Crippen molar-refractivity contribution < 1.29 is 55.7 Å². The van der Waals surface area contributed by atoms with E-state index in [4.69, 9.17) is 37.9 Å². The molecular formula is C138H84O3. The Bertz CT molecular complexity index is 12200. The molecule has 0 atom stereocenters. The van der Waals surface area contributed by atoms with Gasteiger partial charge in [-0.25, -0.2) is 0 Å². The Hall–Kier alpha value is -18.5. The molecule has 141 heavy (non-hydrogen) atoms. The number of hydrogen-bond donors (Lipinski definition) is 0. The molecule has 0 amide bonds. The van der Waals surface area contributed by atoms with Crippen molar-refractivity contribution in [3.05, 3.63) is 509 Å². The minimum Gasteiger partial charge on any atom is -0.456 e. The molecule has 0 N–H and O–H groups in total. The molecule has 0 saturated carbocycles. The van der Waals surface area contributed by atoms with E-state index in [1.165, 1.54) is 0 Å². The molecule has 30 rings (SSSR count). The van der Waals surface area contributed by atoms with Gasteiger partial charge < -0.3 is 13.3 Å². The molecule has 654 valence electrons. The summed E-state index contributed by atoms with van der Waals surface area (Å²) in [5, 5.41) is 15.5. The normalized spacial score (nSPS) is 14.9. The molecule has 30 aromatic rings. The summed E-state index contributed by atoms with van der Waals surface area (Å²) in [6.07, 6.45) is 0. The molecule has 0 unspecified atom stereocenters. The summed E-state index contributed by atoms with van der Waals surface area (Å²) in [7, 11) is 0. The van der Waals surface area contributed by atoms with Crippen LogP contribution in [0.1, 0.15) is 42.5 Å². The van der Waals surface area contributed by atoms with Gasteiger partial charge in [0.05, 0.1) is 42.5 Å². The molecule has 0 spiro atoms. The van der Waals surface area contributed by atoms with Gasteiger partial charge in [0.25, 0.3) is 0 Å². The van der Waals surface area contributed by atoms with Crippen LogP contribution in [0.5, 0.6) is 0 Å². The van der Waals surface area contributed by atoms with Gasteiger partial charge in [0.15, 0.2) is 0 Å². The van der Waals surface area contributed by atoms with Gasteiger partial charge in [-0.3, -0.25) is 0 Å². The summed E-state index contributed by atoms with van der Waals surface area (Å²) in [5.41, 5.74) is 12.7. The van der Waals surface area contributed by atoms with Gasteiger partial charge in [0.1, 0.15) is 33.5 Å². The molecule has 0 aliphatic rings. The third-order valence-electron chi connectivity index (χ3n) is 27.3. The Morgan fingerprint density at radius 1 is 0.128 bits per heavy atom. The van der Waals surface area contributed by atoms with Crippen molar-refractivity contribution in [3.8, 4) is 100 Å². The predicted octanol–water partition coefficient (Wildman–Crippen LogP) is 39.6. The molecule has 0 aliphatic carbocycles. The highest BCUT2D eigenvalue weighted by molar-refractivity contribution is 6.29. The van der Waals surface area contributed by atoms with Crippen LogP contribution in [0.2, 0.25) is 0 Å². The molecule has 27 aromatic carbocycles. The SMILES string of the molecule is [2H]c1c([2H])c([2H])c2c(-c3c4c([2H])c([2H])c([2H])c([2H])c4c(-c4ccc(-c5ccc6oc7ccc8ccccc8c7c6c5)cc4)c4c([2H])c([2H])c([2H])c([2H])c34)c([2H])c([2H])c([2H])c2c1[2H].[2H]c1c([2H])c([2H])c2c(-c3ccc4ccccc4c3)c3c([2H])c([2H])c([2H])c([2H])c3c(-c3cccc(-c4ccc5oc6ccc7ccccc7c6c5c4)c3)c2c1[2H].[2H]c1c([2H])c([2H])c2c(-c3cccc4ccccc34)c3c([2H])c([2H])c([2H])c([2H])c3c(-c3cccc(-c4ccc5oc6ccc7ccccc7c6c5c4)c3)c2c1[2H]. The van der Waals surface area contributed by atoms with Gasteiger partial charge in [-0.05, 0) is 302 Å². The van der Waals surface area contributed by atoms with E-state index >= 15 is 0 Å². The fourth-order valence-corrected chi connectivity index (χ4v) is 21.1. The average molecular weight is 1820 g/mol. The lowest BCUT2D eigenvalue weighted by Gasteiger charge is -2.19. The molecule has 0 saturated heterocycles. The van der Waals surface area contributed by atoms with Crippen LogP contribution in [-0.2, 0) is 0 Å². The van der Waals surface area contributed by atoms with E-state index in [1.807, 2.05) is 261 Å². The monoisotopic (exact) mass is 1820 g/mol. The van der Waals surface area contributed by atoms with Crippen molar-refractivity contribution in [2.45, 2.75) is 0 Å². The Balaban J connectivity index is 0.000000119. The highest BCUT2D eigenvalue weighted by Gasteiger charge is 2.25. The molecule has 3 nitrogen and oxygen atoms in total. The number of rotatable bonds is 9.